The predicted molar refractivity (Wildman–Crippen MR) is 63.7 cm³/mol. The maximum atomic E-state index is 11.6. The zero-order valence-corrected chi connectivity index (χ0v) is 10.3. The normalized spacial score (nSPS) is 24.3. The Balaban J connectivity index is 2.38. The fraction of sp³-hybridized carbons (Fsp3) is 0.727. The number of urea groups is 1. The van der Waals surface area contributed by atoms with E-state index in [1.54, 1.807) is 0 Å². The molecular weight excluding hydrogens is 238 g/mol. The van der Waals surface area contributed by atoms with Crippen LogP contribution in [0.25, 0.3) is 0 Å². The first-order valence-electron chi connectivity index (χ1n) is 5.98. The zero-order chi connectivity index (χ0) is 13.7. The second kappa shape index (κ2) is 6.23. The van der Waals surface area contributed by atoms with Crippen molar-refractivity contribution in [2.75, 3.05) is 6.54 Å². The number of carboxylic acid groups (broad SMARTS) is 1. The number of carbonyl (C=O) groups excluding carboxylic acids is 2. The number of nitrogens with two attached hydrogens (primary N) is 1. The standard InChI is InChI=1S/C11H19N3O4/c1-6(14-11(12)18)9(15)13-5-7-3-2-4-8(7)10(16)17/h6-8H,2-5H2,1H3,(H,13,15)(H,16,17)(H3,12,14,18). The molecule has 1 fully saturated rings. The van der Waals surface area contributed by atoms with E-state index < -0.39 is 18.0 Å². The Morgan fingerprint density at radius 1 is 1.39 bits per heavy atom. The number of nitrogens with one attached hydrogen (secondary N) is 2. The van der Waals surface area contributed by atoms with Gasteiger partial charge >= 0.3 is 12.0 Å². The van der Waals surface area contributed by atoms with Crippen LogP contribution in [0.15, 0.2) is 0 Å². The van der Waals surface area contributed by atoms with Crippen LogP contribution < -0.4 is 16.4 Å². The number of hydrogen-bond donors (Lipinski definition) is 4. The molecule has 3 amide bonds. The van der Waals surface area contributed by atoms with Gasteiger partial charge in [-0.3, -0.25) is 9.59 Å². The van der Waals surface area contributed by atoms with Crippen LogP contribution in [0.5, 0.6) is 0 Å². The zero-order valence-electron chi connectivity index (χ0n) is 10.3. The molecular formula is C11H19N3O4. The lowest BCUT2D eigenvalue weighted by molar-refractivity contribution is -0.143. The first kappa shape index (κ1) is 14.3. The summed E-state index contributed by atoms with van der Waals surface area (Å²) < 4.78 is 0. The number of hydrogen-bond acceptors (Lipinski definition) is 3. The topological polar surface area (TPSA) is 122 Å². The molecule has 102 valence electrons. The minimum atomic E-state index is -0.810. The van der Waals surface area contributed by atoms with Crippen LogP contribution >= 0.6 is 0 Å². The lowest BCUT2D eigenvalue weighted by Gasteiger charge is -2.18. The maximum absolute atomic E-state index is 11.6. The maximum Gasteiger partial charge on any atom is 0.312 e. The van der Waals surface area contributed by atoms with Crippen molar-refractivity contribution in [3.8, 4) is 0 Å². The number of rotatable bonds is 5. The Labute approximate surface area is 105 Å². The van der Waals surface area contributed by atoms with Gasteiger partial charge in [-0.25, -0.2) is 4.79 Å². The largest absolute Gasteiger partial charge is 0.481 e. The predicted octanol–water partition coefficient (Wildman–Crippen LogP) is -0.340. The van der Waals surface area contributed by atoms with Crippen LogP contribution in [0.1, 0.15) is 26.2 Å². The van der Waals surface area contributed by atoms with Gasteiger partial charge in [-0.1, -0.05) is 6.42 Å². The summed E-state index contributed by atoms with van der Waals surface area (Å²) in [5, 5.41) is 13.9. The molecule has 1 rings (SSSR count). The summed E-state index contributed by atoms with van der Waals surface area (Å²) in [6.45, 7) is 1.84. The highest BCUT2D eigenvalue weighted by atomic mass is 16.4. The van der Waals surface area contributed by atoms with Crippen molar-refractivity contribution in [2.24, 2.45) is 17.6 Å². The summed E-state index contributed by atoms with van der Waals surface area (Å²) >= 11 is 0. The Morgan fingerprint density at radius 2 is 2.06 bits per heavy atom. The second-order valence-corrected chi connectivity index (χ2v) is 4.61. The third-order valence-corrected chi connectivity index (χ3v) is 3.27. The molecule has 7 nitrogen and oxygen atoms in total. The van der Waals surface area contributed by atoms with Crippen LogP contribution in [0.4, 0.5) is 4.79 Å². The molecule has 0 bridgehead atoms. The quantitative estimate of drug-likeness (QED) is 0.538. The molecule has 1 aliphatic carbocycles. The molecule has 7 heteroatoms. The van der Waals surface area contributed by atoms with E-state index in [0.29, 0.717) is 13.0 Å². The molecule has 0 aromatic heterocycles. The Bertz CT molecular complexity index is 345. The molecule has 0 aliphatic heterocycles. The number of amides is 3. The molecule has 0 aromatic carbocycles. The van der Waals surface area contributed by atoms with Crippen molar-refractivity contribution >= 4 is 17.9 Å². The van der Waals surface area contributed by atoms with Crippen molar-refractivity contribution in [2.45, 2.75) is 32.2 Å². The highest BCUT2D eigenvalue weighted by molar-refractivity contribution is 5.86. The van der Waals surface area contributed by atoms with Crippen molar-refractivity contribution in [1.82, 2.24) is 10.6 Å². The molecule has 3 atom stereocenters. The number of primary amides is 1. The van der Waals surface area contributed by atoms with Crippen molar-refractivity contribution in [3.05, 3.63) is 0 Å². The number of carbonyl (C=O) groups is 3. The molecule has 1 saturated carbocycles. The summed E-state index contributed by atoms with van der Waals surface area (Å²) in [6, 6.07) is -1.48. The third-order valence-electron chi connectivity index (χ3n) is 3.27. The Hall–Kier alpha value is -1.79. The first-order valence-corrected chi connectivity index (χ1v) is 5.98. The molecule has 0 aromatic rings. The van der Waals surface area contributed by atoms with E-state index in [-0.39, 0.29) is 17.7 Å². The summed E-state index contributed by atoms with van der Waals surface area (Å²) in [5.74, 6) is -1.59. The van der Waals surface area contributed by atoms with E-state index in [2.05, 4.69) is 10.6 Å². The average Bonchev–Trinajstić information content (AvgIpc) is 2.72. The van der Waals surface area contributed by atoms with Gasteiger partial charge < -0.3 is 21.5 Å². The van der Waals surface area contributed by atoms with Gasteiger partial charge in [0.2, 0.25) is 5.91 Å². The van der Waals surface area contributed by atoms with E-state index >= 15 is 0 Å². The summed E-state index contributed by atoms with van der Waals surface area (Å²) in [6.07, 6.45) is 2.33. The van der Waals surface area contributed by atoms with Crippen LogP contribution in [0, 0.1) is 11.8 Å². The van der Waals surface area contributed by atoms with Gasteiger partial charge in [-0.2, -0.15) is 0 Å². The minimum Gasteiger partial charge on any atom is -0.481 e. The van der Waals surface area contributed by atoms with Gasteiger partial charge in [0.1, 0.15) is 6.04 Å². The van der Waals surface area contributed by atoms with Gasteiger partial charge in [0.25, 0.3) is 0 Å². The lowest BCUT2D eigenvalue weighted by atomic mass is 9.96. The average molecular weight is 257 g/mol. The molecule has 1 aliphatic rings. The van der Waals surface area contributed by atoms with Crippen LogP contribution in [-0.4, -0.2) is 35.6 Å². The second-order valence-electron chi connectivity index (χ2n) is 4.61. The molecule has 0 radical (unpaired) electrons. The van der Waals surface area contributed by atoms with Crippen molar-refractivity contribution in [1.29, 1.82) is 0 Å². The molecule has 5 N–H and O–H groups in total. The summed E-state index contributed by atoms with van der Waals surface area (Å²) in [5.41, 5.74) is 4.90. The van der Waals surface area contributed by atoms with E-state index in [9.17, 15) is 14.4 Å². The number of aliphatic carboxylic acids is 1. The fourth-order valence-corrected chi connectivity index (χ4v) is 2.27. The molecule has 0 saturated heterocycles. The SMILES string of the molecule is CC(NC(N)=O)C(=O)NCC1CCCC1C(=O)O. The van der Waals surface area contributed by atoms with Crippen molar-refractivity contribution in [3.63, 3.8) is 0 Å². The van der Waals surface area contributed by atoms with Crippen LogP contribution in [0.2, 0.25) is 0 Å². The van der Waals surface area contributed by atoms with Gasteiger partial charge in [-0.05, 0) is 25.7 Å². The first-order chi connectivity index (χ1) is 8.41. The van der Waals surface area contributed by atoms with Gasteiger partial charge in [0.15, 0.2) is 0 Å². The monoisotopic (exact) mass is 257 g/mol. The van der Waals surface area contributed by atoms with Crippen LogP contribution in [-0.2, 0) is 9.59 Å². The molecule has 18 heavy (non-hydrogen) atoms. The van der Waals surface area contributed by atoms with Crippen LogP contribution in [0.3, 0.4) is 0 Å². The van der Waals surface area contributed by atoms with E-state index in [4.69, 9.17) is 10.8 Å². The van der Waals surface area contributed by atoms with Crippen molar-refractivity contribution < 1.29 is 19.5 Å². The van der Waals surface area contributed by atoms with E-state index in [0.717, 1.165) is 12.8 Å². The fourth-order valence-electron chi connectivity index (χ4n) is 2.27. The van der Waals surface area contributed by atoms with Gasteiger partial charge in [-0.15, -0.1) is 0 Å². The molecule has 0 spiro atoms. The lowest BCUT2D eigenvalue weighted by Crippen LogP contribution is -2.48. The van der Waals surface area contributed by atoms with E-state index in [1.807, 2.05) is 0 Å². The highest BCUT2D eigenvalue weighted by Crippen LogP contribution is 2.31. The van der Waals surface area contributed by atoms with E-state index in [1.165, 1.54) is 6.92 Å². The minimum absolute atomic E-state index is 0.0350. The number of carboxylic acids is 1. The van der Waals surface area contributed by atoms with Gasteiger partial charge in [0.05, 0.1) is 5.92 Å². The summed E-state index contributed by atoms with van der Waals surface area (Å²) in [7, 11) is 0. The molecule has 0 heterocycles. The third kappa shape index (κ3) is 3.90. The Morgan fingerprint density at radius 3 is 2.61 bits per heavy atom. The Kier molecular flexibility index (Phi) is 4.94. The summed E-state index contributed by atoms with van der Waals surface area (Å²) in [4.78, 5) is 33.1. The van der Waals surface area contributed by atoms with Gasteiger partial charge in [0, 0.05) is 6.54 Å². The smallest absolute Gasteiger partial charge is 0.312 e. The molecule has 3 unspecified atom stereocenters. The highest BCUT2D eigenvalue weighted by Gasteiger charge is 2.33.